The first kappa shape index (κ1) is 27.3. The lowest BCUT2D eigenvalue weighted by Crippen LogP contribution is -2.54. The fourth-order valence-corrected chi connectivity index (χ4v) is 4.07. The quantitative estimate of drug-likeness (QED) is 0.305. The lowest BCUT2D eigenvalue weighted by molar-refractivity contribution is -0.122. The smallest absolute Gasteiger partial charge is 0.335 e. The number of nitrogens with one attached hydrogen (secondary N) is 2. The van der Waals surface area contributed by atoms with Crippen LogP contribution in [-0.2, 0) is 14.4 Å². The summed E-state index contributed by atoms with van der Waals surface area (Å²) in [6.45, 7) is 3.27. The first-order chi connectivity index (χ1) is 18.7. The minimum absolute atomic E-state index is 0.0536. The van der Waals surface area contributed by atoms with Gasteiger partial charge < -0.3 is 14.8 Å². The third-order valence-electron chi connectivity index (χ3n) is 5.58. The number of benzene rings is 3. The topological polar surface area (TPSA) is 114 Å². The molecule has 0 atom stereocenters. The molecule has 1 fully saturated rings. The van der Waals surface area contributed by atoms with E-state index in [-0.39, 0.29) is 28.7 Å². The summed E-state index contributed by atoms with van der Waals surface area (Å²) < 4.78 is 24.3. The second-order valence-corrected chi connectivity index (χ2v) is 8.76. The van der Waals surface area contributed by atoms with E-state index in [0.29, 0.717) is 22.5 Å². The number of carbonyl (C=O) groups excluding carboxylic acids is 4. The van der Waals surface area contributed by atoms with Crippen LogP contribution in [0.25, 0.3) is 6.08 Å². The number of hydrogen-bond acceptors (Lipinski definition) is 6. The first-order valence-corrected chi connectivity index (χ1v) is 12.2. The number of halogens is 2. The number of aryl methyl sites for hydroxylation is 1. The molecule has 9 nitrogen and oxygen atoms in total. The highest BCUT2D eigenvalue weighted by atomic mass is 35.5. The van der Waals surface area contributed by atoms with Gasteiger partial charge in [-0.25, -0.2) is 14.1 Å². The molecule has 1 saturated heterocycles. The van der Waals surface area contributed by atoms with Crippen molar-refractivity contribution < 1.29 is 33.0 Å². The van der Waals surface area contributed by atoms with Gasteiger partial charge in [-0.2, -0.15) is 0 Å². The molecule has 1 heterocycles. The van der Waals surface area contributed by atoms with E-state index in [1.54, 1.807) is 38.1 Å². The van der Waals surface area contributed by atoms with Crippen molar-refractivity contribution in [3.8, 4) is 11.5 Å². The molecule has 0 aromatic heterocycles. The van der Waals surface area contributed by atoms with E-state index >= 15 is 0 Å². The van der Waals surface area contributed by atoms with Gasteiger partial charge in [0.15, 0.2) is 18.1 Å². The predicted molar refractivity (Wildman–Crippen MR) is 143 cm³/mol. The highest BCUT2D eigenvalue weighted by molar-refractivity contribution is 6.39. The molecule has 39 heavy (non-hydrogen) atoms. The highest BCUT2D eigenvalue weighted by Crippen LogP contribution is 2.37. The van der Waals surface area contributed by atoms with Gasteiger partial charge in [0.25, 0.3) is 17.7 Å². The molecule has 0 aliphatic carbocycles. The minimum Gasteiger partial charge on any atom is -0.490 e. The number of rotatable bonds is 8. The van der Waals surface area contributed by atoms with Gasteiger partial charge in [0, 0.05) is 5.69 Å². The summed E-state index contributed by atoms with van der Waals surface area (Å²) in [6, 6.07) is 14.1. The van der Waals surface area contributed by atoms with Crippen molar-refractivity contribution in [1.82, 2.24) is 5.32 Å². The van der Waals surface area contributed by atoms with E-state index in [1.807, 2.05) is 0 Å². The van der Waals surface area contributed by atoms with Crippen LogP contribution in [0.15, 0.2) is 66.2 Å². The lowest BCUT2D eigenvalue weighted by atomic mass is 10.1. The Morgan fingerprint density at radius 1 is 1.08 bits per heavy atom. The Labute approximate surface area is 228 Å². The van der Waals surface area contributed by atoms with Crippen LogP contribution in [0, 0.1) is 12.7 Å². The van der Waals surface area contributed by atoms with Crippen LogP contribution in [-0.4, -0.2) is 37.0 Å². The summed E-state index contributed by atoms with van der Waals surface area (Å²) in [6.07, 6.45) is 1.29. The van der Waals surface area contributed by atoms with Gasteiger partial charge in [-0.05, 0) is 73.5 Å². The standard InChI is InChI=1S/C28H23ClFN3O6/c1-3-38-23-14-17(13-21(29)25(23)39-15-24(34)31-19-10-8-18(30)9-11-19)12-20-26(35)32-28(37)33(27(20)36)22-7-5-4-6-16(22)2/h4-14H,3,15H2,1-2H3,(H,31,34)(H,32,35,37)/b20-12+. The van der Waals surface area contributed by atoms with Crippen molar-refractivity contribution in [1.29, 1.82) is 0 Å². The maximum absolute atomic E-state index is 13.2. The molecule has 5 amide bonds. The number of carbonyl (C=O) groups is 4. The number of barbiturate groups is 1. The molecule has 0 radical (unpaired) electrons. The normalized spacial score (nSPS) is 14.3. The van der Waals surface area contributed by atoms with Crippen LogP contribution in [0.3, 0.4) is 0 Å². The fourth-order valence-electron chi connectivity index (χ4n) is 3.80. The molecule has 200 valence electrons. The number of nitrogens with zero attached hydrogens (tertiary/aromatic N) is 1. The van der Waals surface area contributed by atoms with Gasteiger partial charge in [-0.3, -0.25) is 19.7 Å². The molecule has 3 aromatic rings. The average molecular weight is 552 g/mol. The van der Waals surface area contributed by atoms with Crippen molar-refractivity contribution in [2.75, 3.05) is 23.4 Å². The molecule has 3 aromatic carbocycles. The van der Waals surface area contributed by atoms with Gasteiger partial charge >= 0.3 is 6.03 Å². The molecule has 0 saturated carbocycles. The minimum atomic E-state index is -0.860. The molecule has 4 rings (SSSR count). The maximum atomic E-state index is 13.2. The van der Waals surface area contributed by atoms with Crippen LogP contribution in [0.2, 0.25) is 5.02 Å². The summed E-state index contributed by atoms with van der Waals surface area (Å²) in [5, 5.41) is 4.81. The van der Waals surface area contributed by atoms with E-state index in [9.17, 15) is 23.6 Å². The van der Waals surface area contributed by atoms with Crippen molar-refractivity contribution in [2.24, 2.45) is 0 Å². The summed E-state index contributed by atoms with van der Waals surface area (Å²) in [5.74, 6) is -2.37. The Kier molecular flexibility index (Phi) is 8.26. The number of anilines is 2. The molecule has 0 unspecified atom stereocenters. The number of imide groups is 2. The van der Waals surface area contributed by atoms with Crippen LogP contribution in [0.1, 0.15) is 18.1 Å². The molecule has 1 aliphatic rings. The zero-order valence-corrected chi connectivity index (χ0v) is 21.7. The third-order valence-corrected chi connectivity index (χ3v) is 5.86. The van der Waals surface area contributed by atoms with Crippen molar-refractivity contribution >= 4 is 52.8 Å². The Balaban J connectivity index is 1.58. The maximum Gasteiger partial charge on any atom is 0.335 e. The number of urea groups is 1. The molecule has 1 aliphatic heterocycles. The van der Waals surface area contributed by atoms with E-state index < -0.39 is 36.2 Å². The van der Waals surface area contributed by atoms with E-state index in [1.165, 1.54) is 42.5 Å². The molecular formula is C28H23ClFN3O6. The number of ether oxygens (including phenoxy) is 2. The second-order valence-electron chi connectivity index (χ2n) is 8.35. The molecule has 2 N–H and O–H groups in total. The molecule has 0 bridgehead atoms. The predicted octanol–water partition coefficient (Wildman–Crippen LogP) is 4.87. The van der Waals surface area contributed by atoms with Crippen LogP contribution >= 0.6 is 11.6 Å². The Morgan fingerprint density at radius 2 is 1.79 bits per heavy atom. The zero-order chi connectivity index (χ0) is 28.1. The molecular weight excluding hydrogens is 529 g/mol. The largest absolute Gasteiger partial charge is 0.490 e. The summed E-state index contributed by atoms with van der Waals surface area (Å²) in [7, 11) is 0. The lowest BCUT2D eigenvalue weighted by Gasteiger charge is -2.27. The first-order valence-electron chi connectivity index (χ1n) is 11.8. The van der Waals surface area contributed by atoms with E-state index in [4.69, 9.17) is 21.1 Å². The average Bonchev–Trinajstić information content (AvgIpc) is 2.88. The number of amides is 5. The van der Waals surface area contributed by atoms with Crippen molar-refractivity contribution in [3.05, 3.63) is 88.2 Å². The van der Waals surface area contributed by atoms with Gasteiger partial charge in [0.1, 0.15) is 11.4 Å². The fraction of sp³-hybridized carbons (Fsp3) is 0.143. The van der Waals surface area contributed by atoms with Gasteiger partial charge in [-0.15, -0.1) is 0 Å². The summed E-state index contributed by atoms with van der Waals surface area (Å²) in [4.78, 5) is 51.5. The van der Waals surface area contributed by atoms with E-state index in [0.717, 1.165) is 4.90 Å². The molecule has 0 spiro atoms. The number of hydrogen-bond donors (Lipinski definition) is 2. The summed E-state index contributed by atoms with van der Waals surface area (Å²) in [5.41, 5.74) is 1.43. The summed E-state index contributed by atoms with van der Waals surface area (Å²) >= 11 is 6.43. The Hall–Kier alpha value is -4.70. The third kappa shape index (κ3) is 6.24. The van der Waals surface area contributed by atoms with Crippen molar-refractivity contribution in [3.63, 3.8) is 0 Å². The van der Waals surface area contributed by atoms with Gasteiger partial charge in [0.2, 0.25) is 0 Å². The number of para-hydroxylation sites is 1. The van der Waals surface area contributed by atoms with Crippen molar-refractivity contribution in [2.45, 2.75) is 13.8 Å². The molecule has 11 heteroatoms. The Bertz CT molecular complexity index is 1490. The van der Waals surface area contributed by atoms with E-state index in [2.05, 4.69) is 10.6 Å². The SMILES string of the molecule is CCOc1cc(/C=C2\C(=O)NC(=O)N(c3ccccc3C)C2=O)cc(Cl)c1OCC(=O)Nc1ccc(F)cc1. The second kappa shape index (κ2) is 11.8. The van der Waals surface area contributed by atoms with Crippen LogP contribution in [0.4, 0.5) is 20.6 Å². The van der Waals surface area contributed by atoms with Gasteiger partial charge in [-0.1, -0.05) is 29.8 Å². The highest BCUT2D eigenvalue weighted by Gasteiger charge is 2.37. The Morgan fingerprint density at radius 3 is 2.49 bits per heavy atom. The zero-order valence-electron chi connectivity index (χ0n) is 20.9. The van der Waals surface area contributed by atoms with Gasteiger partial charge in [0.05, 0.1) is 17.3 Å². The van der Waals surface area contributed by atoms with Crippen LogP contribution in [0.5, 0.6) is 11.5 Å². The monoisotopic (exact) mass is 551 g/mol. The van der Waals surface area contributed by atoms with Crippen LogP contribution < -0.4 is 25.0 Å².